The minimum Gasteiger partial charge on any atom is -0.508 e. The molecule has 0 spiro atoms. The SMILES string of the molecule is CC1CCCC(C)(c2ccc(O)cc2)N1. The van der Waals surface area contributed by atoms with Gasteiger partial charge in [-0.2, -0.15) is 0 Å². The Bertz CT molecular complexity index is 333. The van der Waals surface area contributed by atoms with Crippen LogP contribution in [0.15, 0.2) is 24.3 Å². The van der Waals surface area contributed by atoms with Crippen molar-refractivity contribution in [3.8, 4) is 5.75 Å². The van der Waals surface area contributed by atoms with Gasteiger partial charge in [-0.25, -0.2) is 0 Å². The third-order valence-corrected chi connectivity index (χ3v) is 3.38. The van der Waals surface area contributed by atoms with Crippen molar-refractivity contribution in [1.29, 1.82) is 0 Å². The van der Waals surface area contributed by atoms with Crippen LogP contribution >= 0.6 is 0 Å². The fourth-order valence-corrected chi connectivity index (χ4v) is 2.51. The molecule has 0 aromatic heterocycles. The van der Waals surface area contributed by atoms with Crippen LogP contribution in [-0.2, 0) is 5.54 Å². The maximum atomic E-state index is 9.27. The number of piperidine rings is 1. The van der Waals surface area contributed by atoms with Crippen molar-refractivity contribution >= 4 is 0 Å². The number of nitrogens with one attached hydrogen (secondary N) is 1. The standard InChI is InChI=1S/C13H19NO/c1-10-4-3-9-13(2,14-10)11-5-7-12(15)8-6-11/h5-8,10,14-15H,3-4,9H2,1-2H3. The molecule has 1 heterocycles. The van der Waals surface area contributed by atoms with Crippen LogP contribution in [0.25, 0.3) is 0 Å². The van der Waals surface area contributed by atoms with Crippen LogP contribution in [0, 0.1) is 0 Å². The van der Waals surface area contributed by atoms with Crippen LogP contribution in [0.2, 0.25) is 0 Å². The van der Waals surface area contributed by atoms with Gasteiger partial charge in [-0.1, -0.05) is 12.1 Å². The molecule has 2 N–H and O–H groups in total. The molecule has 0 amide bonds. The summed E-state index contributed by atoms with van der Waals surface area (Å²) in [6.07, 6.45) is 3.70. The molecule has 1 aliphatic heterocycles. The highest BCUT2D eigenvalue weighted by Crippen LogP contribution is 2.32. The molecule has 1 aliphatic rings. The van der Waals surface area contributed by atoms with Crippen molar-refractivity contribution in [3.05, 3.63) is 29.8 Å². The molecule has 0 bridgehead atoms. The van der Waals surface area contributed by atoms with Gasteiger partial charge in [0.15, 0.2) is 0 Å². The molecule has 2 nitrogen and oxygen atoms in total. The molecule has 0 aliphatic carbocycles. The zero-order chi connectivity index (χ0) is 10.9. The van der Waals surface area contributed by atoms with Gasteiger partial charge in [-0.15, -0.1) is 0 Å². The highest BCUT2D eigenvalue weighted by atomic mass is 16.3. The molecular formula is C13H19NO. The molecule has 2 atom stereocenters. The van der Waals surface area contributed by atoms with Crippen molar-refractivity contribution in [1.82, 2.24) is 5.32 Å². The maximum Gasteiger partial charge on any atom is 0.115 e. The minimum atomic E-state index is 0.0748. The summed E-state index contributed by atoms with van der Waals surface area (Å²) in [7, 11) is 0. The molecule has 0 radical (unpaired) electrons. The van der Waals surface area contributed by atoms with E-state index < -0.39 is 0 Å². The van der Waals surface area contributed by atoms with Crippen LogP contribution in [0.4, 0.5) is 0 Å². The second-order valence-electron chi connectivity index (χ2n) is 4.82. The predicted octanol–water partition coefficient (Wildman–Crippen LogP) is 2.77. The third-order valence-electron chi connectivity index (χ3n) is 3.38. The summed E-state index contributed by atoms with van der Waals surface area (Å²) < 4.78 is 0. The van der Waals surface area contributed by atoms with Crippen molar-refractivity contribution in [2.24, 2.45) is 0 Å². The predicted molar refractivity (Wildman–Crippen MR) is 61.9 cm³/mol. The largest absolute Gasteiger partial charge is 0.508 e. The number of hydrogen-bond acceptors (Lipinski definition) is 2. The van der Waals surface area contributed by atoms with E-state index in [2.05, 4.69) is 19.2 Å². The number of hydrogen-bond donors (Lipinski definition) is 2. The average molecular weight is 205 g/mol. The van der Waals surface area contributed by atoms with E-state index in [-0.39, 0.29) is 5.54 Å². The molecule has 15 heavy (non-hydrogen) atoms. The van der Waals surface area contributed by atoms with Crippen LogP contribution < -0.4 is 5.32 Å². The Hall–Kier alpha value is -1.02. The fraction of sp³-hybridized carbons (Fsp3) is 0.538. The second kappa shape index (κ2) is 3.86. The minimum absolute atomic E-state index is 0.0748. The van der Waals surface area contributed by atoms with Crippen molar-refractivity contribution < 1.29 is 5.11 Å². The van der Waals surface area contributed by atoms with Gasteiger partial charge in [-0.05, 0) is 50.8 Å². The van der Waals surface area contributed by atoms with Crippen molar-refractivity contribution in [2.75, 3.05) is 0 Å². The Morgan fingerprint density at radius 3 is 2.60 bits per heavy atom. The highest BCUT2D eigenvalue weighted by molar-refractivity contribution is 5.31. The van der Waals surface area contributed by atoms with Crippen LogP contribution in [0.3, 0.4) is 0 Å². The van der Waals surface area contributed by atoms with E-state index in [1.54, 1.807) is 12.1 Å². The van der Waals surface area contributed by atoms with E-state index in [1.807, 2.05) is 12.1 Å². The summed E-state index contributed by atoms with van der Waals surface area (Å²) >= 11 is 0. The zero-order valence-electron chi connectivity index (χ0n) is 9.46. The monoisotopic (exact) mass is 205 g/mol. The van der Waals surface area contributed by atoms with Gasteiger partial charge in [0.05, 0.1) is 0 Å². The Morgan fingerprint density at radius 2 is 2.00 bits per heavy atom. The van der Waals surface area contributed by atoms with Crippen LogP contribution in [0.1, 0.15) is 38.7 Å². The van der Waals surface area contributed by atoms with E-state index in [9.17, 15) is 5.11 Å². The van der Waals surface area contributed by atoms with E-state index in [0.717, 1.165) is 0 Å². The van der Waals surface area contributed by atoms with E-state index in [1.165, 1.54) is 24.8 Å². The first kappa shape index (κ1) is 10.5. The lowest BCUT2D eigenvalue weighted by molar-refractivity contribution is 0.236. The highest BCUT2D eigenvalue weighted by Gasteiger charge is 2.30. The topological polar surface area (TPSA) is 32.3 Å². The molecule has 1 aromatic rings. The molecule has 2 rings (SSSR count). The Labute approximate surface area is 91.3 Å². The van der Waals surface area contributed by atoms with E-state index >= 15 is 0 Å². The van der Waals surface area contributed by atoms with Gasteiger partial charge < -0.3 is 10.4 Å². The van der Waals surface area contributed by atoms with E-state index in [4.69, 9.17) is 0 Å². The fourth-order valence-electron chi connectivity index (χ4n) is 2.51. The first-order valence-corrected chi connectivity index (χ1v) is 5.67. The smallest absolute Gasteiger partial charge is 0.115 e. The molecule has 0 saturated carbocycles. The van der Waals surface area contributed by atoms with Gasteiger partial charge >= 0.3 is 0 Å². The van der Waals surface area contributed by atoms with E-state index in [0.29, 0.717) is 11.8 Å². The zero-order valence-corrected chi connectivity index (χ0v) is 9.46. The number of phenolic OH excluding ortho intramolecular Hbond substituents is 1. The maximum absolute atomic E-state index is 9.27. The number of rotatable bonds is 1. The quantitative estimate of drug-likeness (QED) is 0.739. The molecular weight excluding hydrogens is 186 g/mol. The molecule has 1 aromatic carbocycles. The third kappa shape index (κ3) is 2.15. The van der Waals surface area contributed by atoms with Gasteiger partial charge in [0.1, 0.15) is 5.75 Å². The number of aromatic hydroxyl groups is 1. The summed E-state index contributed by atoms with van der Waals surface area (Å²) in [6, 6.07) is 8.14. The lowest BCUT2D eigenvalue weighted by Gasteiger charge is -2.39. The van der Waals surface area contributed by atoms with Crippen LogP contribution in [0.5, 0.6) is 5.75 Å². The summed E-state index contributed by atoms with van der Waals surface area (Å²) in [5, 5.41) is 12.9. The normalized spacial score (nSPS) is 31.5. The Morgan fingerprint density at radius 1 is 1.33 bits per heavy atom. The van der Waals surface area contributed by atoms with Crippen molar-refractivity contribution in [2.45, 2.75) is 44.7 Å². The lowest BCUT2D eigenvalue weighted by atomic mass is 9.82. The molecule has 82 valence electrons. The molecule has 1 fully saturated rings. The number of benzene rings is 1. The van der Waals surface area contributed by atoms with Crippen LogP contribution in [-0.4, -0.2) is 11.1 Å². The van der Waals surface area contributed by atoms with Gasteiger partial charge in [0.25, 0.3) is 0 Å². The van der Waals surface area contributed by atoms with Crippen molar-refractivity contribution in [3.63, 3.8) is 0 Å². The number of phenols is 1. The summed E-state index contributed by atoms with van der Waals surface area (Å²) in [5.41, 5.74) is 1.35. The lowest BCUT2D eigenvalue weighted by Crippen LogP contribution is -2.47. The molecule has 2 heteroatoms. The van der Waals surface area contributed by atoms with Gasteiger partial charge in [-0.3, -0.25) is 0 Å². The average Bonchev–Trinajstić information content (AvgIpc) is 2.18. The van der Waals surface area contributed by atoms with Gasteiger partial charge in [0, 0.05) is 11.6 Å². The van der Waals surface area contributed by atoms with Gasteiger partial charge in [0.2, 0.25) is 0 Å². The summed E-state index contributed by atoms with van der Waals surface area (Å²) in [4.78, 5) is 0. The summed E-state index contributed by atoms with van der Waals surface area (Å²) in [5.74, 6) is 0.339. The Balaban J connectivity index is 2.24. The molecule has 1 saturated heterocycles. The Kier molecular flexibility index (Phi) is 2.70. The summed E-state index contributed by atoms with van der Waals surface area (Å²) in [6.45, 7) is 4.48. The first-order valence-electron chi connectivity index (χ1n) is 5.67. The molecule has 2 unspecified atom stereocenters. The first-order chi connectivity index (χ1) is 7.10. The second-order valence-corrected chi connectivity index (χ2v) is 4.82.